The van der Waals surface area contributed by atoms with E-state index in [1.165, 1.54) is 5.56 Å². The Bertz CT molecular complexity index is 451. The van der Waals surface area contributed by atoms with E-state index < -0.39 is 5.60 Å². The first-order valence-electron chi connectivity index (χ1n) is 7.38. The van der Waals surface area contributed by atoms with E-state index in [2.05, 4.69) is 11.8 Å². The normalized spacial score (nSPS) is 30.6. The second kappa shape index (κ2) is 5.45. The van der Waals surface area contributed by atoms with E-state index in [0.717, 1.165) is 18.7 Å². The van der Waals surface area contributed by atoms with Crippen LogP contribution in [0.3, 0.4) is 0 Å². The summed E-state index contributed by atoms with van der Waals surface area (Å²) in [4.78, 5) is 2.25. The summed E-state index contributed by atoms with van der Waals surface area (Å²) in [5.74, 6) is 0. The molecule has 2 aliphatic rings. The van der Waals surface area contributed by atoms with E-state index >= 15 is 0 Å². The van der Waals surface area contributed by atoms with Gasteiger partial charge < -0.3 is 14.9 Å². The van der Waals surface area contributed by atoms with Crippen molar-refractivity contribution in [1.29, 1.82) is 0 Å². The highest BCUT2D eigenvalue weighted by molar-refractivity contribution is 5.27. The first-order valence-corrected chi connectivity index (χ1v) is 7.38. The summed E-state index contributed by atoms with van der Waals surface area (Å²) in [5.41, 5.74) is 1.49. The third-order valence-electron chi connectivity index (χ3n) is 4.70. The molecule has 20 heavy (non-hydrogen) atoms. The van der Waals surface area contributed by atoms with Crippen LogP contribution in [0.1, 0.15) is 24.0 Å². The molecule has 0 aromatic heterocycles. The molecule has 0 amide bonds. The zero-order chi connectivity index (χ0) is 14.2. The molecule has 2 heterocycles. The Hall–Kier alpha value is -0.940. The minimum atomic E-state index is -0.728. The van der Waals surface area contributed by atoms with E-state index in [0.29, 0.717) is 26.1 Å². The van der Waals surface area contributed by atoms with E-state index in [4.69, 9.17) is 4.74 Å². The number of aryl methyl sites for hydroxylation is 1. The molecule has 1 aromatic rings. The van der Waals surface area contributed by atoms with E-state index in [1.807, 2.05) is 24.3 Å². The van der Waals surface area contributed by atoms with Crippen molar-refractivity contribution < 1.29 is 14.9 Å². The van der Waals surface area contributed by atoms with Crippen LogP contribution >= 0.6 is 0 Å². The molecular formula is C16H23NO3. The van der Waals surface area contributed by atoms with Gasteiger partial charge in [-0.1, -0.05) is 29.8 Å². The minimum Gasteiger partial charge on any atom is -0.389 e. The average Bonchev–Trinajstić information content (AvgIpc) is 2.87. The largest absolute Gasteiger partial charge is 0.389 e. The lowest BCUT2D eigenvalue weighted by atomic mass is 9.83. The molecular weight excluding hydrogens is 254 g/mol. The second-order valence-corrected chi connectivity index (χ2v) is 6.11. The van der Waals surface area contributed by atoms with Crippen LogP contribution in [0.25, 0.3) is 0 Å². The summed E-state index contributed by atoms with van der Waals surface area (Å²) in [7, 11) is 0. The molecule has 0 spiro atoms. The van der Waals surface area contributed by atoms with Gasteiger partial charge in [0.15, 0.2) is 0 Å². The van der Waals surface area contributed by atoms with Gasteiger partial charge in [-0.05, 0) is 25.3 Å². The third-order valence-corrected chi connectivity index (χ3v) is 4.70. The van der Waals surface area contributed by atoms with Gasteiger partial charge in [0, 0.05) is 13.1 Å². The summed E-state index contributed by atoms with van der Waals surface area (Å²) in [6.45, 7) is 4.69. The van der Waals surface area contributed by atoms with Crippen molar-refractivity contribution in [3.8, 4) is 0 Å². The molecule has 2 saturated heterocycles. The number of piperidine rings is 1. The number of aliphatic hydroxyl groups excluding tert-OH is 1. The Morgan fingerprint density at radius 3 is 2.35 bits per heavy atom. The molecule has 2 N–H and O–H groups in total. The van der Waals surface area contributed by atoms with Crippen LogP contribution in [-0.4, -0.2) is 53.6 Å². The molecule has 2 fully saturated rings. The predicted octanol–water partition coefficient (Wildman–Crippen LogP) is 1.04. The zero-order valence-electron chi connectivity index (χ0n) is 12.0. The summed E-state index contributed by atoms with van der Waals surface area (Å²) in [6, 6.07) is 8.25. The minimum absolute atomic E-state index is 0.0950. The summed E-state index contributed by atoms with van der Waals surface area (Å²) in [5, 5.41) is 20.7. The van der Waals surface area contributed by atoms with Crippen molar-refractivity contribution in [2.45, 2.75) is 37.5 Å². The van der Waals surface area contributed by atoms with Gasteiger partial charge in [-0.25, -0.2) is 0 Å². The quantitative estimate of drug-likeness (QED) is 0.848. The Morgan fingerprint density at radius 1 is 1.15 bits per heavy atom. The van der Waals surface area contributed by atoms with Crippen LogP contribution in [0.4, 0.5) is 0 Å². The Balaban J connectivity index is 1.66. The van der Waals surface area contributed by atoms with Crippen molar-refractivity contribution in [3.05, 3.63) is 35.4 Å². The number of rotatable bonds is 2. The van der Waals surface area contributed by atoms with Crippen molar-refractivity contribution in [2.75, 3.05) is 26.3 Å². The number of hydrogen-bond acceptors (Lipinski definition) is 4. The fourth-order valence-corrected chi connectivity index (χ4v) is 3.26. The van der Waals surface area contributed by atoms with Crippen molar-refractivity contribution in [3.63, 3.8) is 0 Å². The highest BCUT2D eigenvalue weighted by Gasteiger charge is 2.39. The van der Waals surface area contributed by atoms with Crippen LogP contribution in [-0.2, 0) is 10.3 Å². The van der Waals surface area contributed by atoms with Crippen molar-refractivity contribution in [2.24, 2.45) is 0 Å². The highest BCUT2D eigenvalue weighted by Crippen LogP contribution is 2.34. The first kappa shape index (κ1) is 14.0. The van der Waals surface area contributed by atoms with Crippen LogP contribution < -0.4 is 0 Å². The maximum atomic E-state index is 10.8. The van der Waals surface area contributed by atoms with Crippen LogP contribution in [0, 0.1) is 6.92 Å². The van der Waals surface area contributed by atoms with E-state index in [9.17, 15) is 10.2 Å². The standard InChI is InChI=1S/C16H23NO3/c1-12-2-4-13(5-3-12)16(19)6-8-17(9-7-16)14-10-20-11-15(14)18/h2-5,14-15,18-19H,6-11H2,1H3/t14-,15-/m0/s1. The molecule has 2 aliphatic heterocycles. The Morgan fingerprint density at radius 2 is 1.80 bits per heavy atom. The molecule has 0 bridgehead atoms. The molecule has 3 rings (SSSR count). The van der Waals surface area contributed by atoms with Crippen LogP contribution in [0.15, 0.2) is 24.3 Å². The SMILES string of the molecule is Cc1ccc(C2(O)CCN([C@H]3COC[C@@H]3O)CC2)cc1. The predicted molar refractivity (Wildman–Crippen MR) is 76.5 cm³/mol. The van der Waals surface area contributed by atoms with Gasteiger partial charge in [0.05, 0.1) is 31.0 Å². The van der Waals surface area contributed by atoms with Gasteiger partial charge in [0.2, 0.25) is 0 Å². The van der Waals surface area contributed by atoms with Gasteiger partial charge in [-0.15, -0.1) is 0 Å². The van der Waals surface area contributed by atoms with Crippen LogP contribution in [0.5, 0.6) is 0 Å². The second-order valence-electron chi connectivity index (χ2n) is 6.11. The molecule has 4 heteroatoms. The smallest absolute Gasteiger partial charge is 0.0950 e. The fourth-order valence-electron chi connectivity index (χ4n) is 3.26. The molecule has 0 unspecified atom stereocenters. The van der Waals surface area contributed by atoms with Crippen LogP contribution in [0.2, 0.25) is 0 Å². The number of aliphatic hydroxyl groups is 2. The fraction of sp³-hybridized carbons (Fsp3) is 0.625. The topological polar surface area (TPSA) is 52.9 Å². The molecule has 2 atom stereocenters. The number of ether oxygens (including phenoxy) is 1. The number of benzene rings is 1. The molecule has 110 valence electrons. The summed E-state index contributed by atoms with van der Waals surface area (Å²) < 4.78 is 5.32. The monoisotopic (exact) mass is 277 g/mol. The van der Waals surface area contributed by atoms with Gasteiger partial charge in [0.25, 0.3) is 0 Å². The highest BCUT2D eigenvalue weighted by atomic mass is 16.5. The lowest BCUT2D eigenvalue weighted by molar-refractivity contribution is -0.0457. The number of likely N-dealkylation sites (tertiary alicyclic amines) is 1. The average molecular weight is 277 g/mol. The zero-order valence-corrected chi connectivity index (χ0v) is 12.0. The lowest BCUT2D eigenvalue weighted by Crippen LogP contribution is -2.50. The molecule has 4 nitrogen and oxygen atoms in total. The summed E-state index contributed by atoms with van der Waals surface area (Å²) >= 11 is 0. The van der Waals surface area contributed by atoms with Crippen molar-refractivity contribution in [1.82, 2.24) is 4.90 Å². The lowest BCUT2D eigenvalue weighted by Gasteiger charge is -2.41. The Labute approximate surface area is 120 Å². The summed E-state index contributed by atoms with van der Waals surface area (Å²) in [6.07, 6.45) is 1.03. The molecule has 0 aliphatic carbocycles. The van der Waals surface area contributed by atoms with Crippen molar-refractivity contribution >= 4 is 0 Å². The van der Waals surface area contributed by atoms with Gasteiger partial charge >= 0.3 is 0 Å². The maximum absolute atomic E-state index is 10.8. The number of nitrogens with zero attached hydrogens (tertiary/aromatic N) is 1. The van der Waals surface area contributed by atoms with Gasteiger partial charge in [-0.3, -0.25) is 4.90 Å². The molecule has 0 saturated carbocycles. The van der Waals surface area contributed by atoms with Gasteiger partial charge in [0.1, 0.15) is 0 Å². The van der Waals surface area contributed by atoms with Gasteiger partial charge in [-0.2, -0.15) is 0 Å². The van der Waals surface area contributed by atoms with E-state index in [-0.39, 0.29) is 12.1 Å². The Kier molecular flexibility index (Phi) is 3.82. The maximum Gasteiger partial charge on any atom is 0.0950 e. The molecule has 1 aromatic carbocycles. The molecule has 0 radical (unpaired) electrons. The first-order chi connectivity index (χ1) is 9.58. The van der Waals surface area contributed by atoms with E-state index in [1.54, 1.807) is 0 Å². The third kappa shape index (κ3) is 2.61. The number of hydrogen-bond donors (Lipinski definition) is 2.